The molecular weight excluding hydrogens is 1180 g/mol. The van der Waals surface area contributed by atoms with E-state index in [4.69, 9.17) is 16.9 Å². The summed E-state index contributed by atoms with van der Waals surface area (Å²) >= 11 is 4.06. The van der Waals surface area contributed by atoms with Crippen LogP contribution >= 0.6 is 12.6 Å². The maximum Gasteiger partial charge on any atom is 0.326 e. The Morgan fingerprint density at radius 3 is 1.61 bits per heavy atom. The van der Waals surface area contributed by atoms with Crippen LogP contribution in [0, 0.1) is 10.8 Å². The number of fused-ring (bicyclic) bond motifs is 2. The van der Waals surface area contributed by atoms with Crippen molar-refractivity contribution in [3.8, 4) is 0 Å². The number of carboxylic acid groups (broad SMARTS) is 1. The van der Waals surface area contributed by atoms with Crippen molar-refractivity contribution in [3.05, 3.63) is 84.1 Å². The number of carbonyl (C=O) groups is 13. The minimum Gasteiger partial charge on any atom is -0.480 e. The minimum atomic E-state index is -1.56. The Bertz CT molecular complexity index is 3240. The Labute approximate surface area is 518 Å². The molecule has 12 amide bonds. The van der Waals surface area contributed by atoms with Crippen molar-refractivity contribution < 1.29 is 67.4 Å². The van der Waals surface area contributed by atoms with Gasteiger partial charge in [0.15, 0.2) is 5.96 Å². The smallest absolute Gasteiger partial charge is 0.326 e. The van der Waals surface area contributed by atoms with E-state index in [9.17, 15) is 67.4 Å². The largest absolute Gasteiger partial charge is 0.480 e. The number of benzene rings is 3. The predicted octanol–water partition coefficient (Wildman–Crippen LogP) is -3.02. The number of H-pyrrole nitrogens is 1. The number of hydrogen-bond acceptors (Lipinski definition) is 15. The van der Waals surface area contributed by atoms with Gasteiger partial charge in [-0.25, -0.2) is 4.79 Å². The average Bonchev–Trinajstić information content (AvgIpc) is 4.19. The highest BCUT2D eigenvalue weighted by Gasteiger charge is 2.34. The van der Waals surface area contributed by atoms with Gasteiger partial charge in [-0.1, -0.05) is 88.4 Å². The van der Waals surface area contributed by atoms with E-state index < -0.39 is 157 Å². The number of aromatic nitrogens is 1. The van der Waals surface area contributed by atoms with Crippen LogP contribution in [0.3, 0.4) is 0 Å². The van der Waals surface area contributed by atoms with Crippen LogP contribution < -0.4 is 75.3 Å². The fraction of sp³-hybridized carbons (Fsp3) is 0.448. The van der Waals surface area contributed by atoms with Crippen LogP contribution in [-0.4, -0.2) is 174 Å². The minimum absolute atomic E-state index is 0.0223. The van der Waals surface area contributed by atoms with E-state index in [1.165, 1.54) is 6.92 Å². The topological polar surface area (TPSA) is 478 Å². The second-order valence-electron chi connectivity index (χ2n) is 21.8. The Hall–Kier alpha value is -9.81. The summed E-state index contributed by atoms with van der Waals surface area (Å²) in [6, 6.07) is 10.4. The first-order valence-electron chi connectivity index (χ1n) is 28.5. The molecule has 0 bridgehead atoms. The summed E-state index contributed by atoms with van der Waals surface area (Å²) in [7, 11) is 0. The molecule has 1 aromatic heterocycles. The number of nitrogens with one attached hydrogen (secondary N) is 14. The fourth-order valence-electron chi connectivity index (χ4n) is 8.99. The third-order valence-corrected chi connectivity index (χ3v) is 14.0. The zero-order chi connectivity index (χ0) is 66.0. The molecule has 1 heterocycles. The normalized spacial score (nSPS) is 13.4. The lowest BCUT2D eigenvalue weighted by Crippen LogP contribution is -2.59. The molecule has 0 aliphatic heterocycles. The van der Waals surface area contributed by atoms with Crippen LogP contribution in [0.4, 0.5) is 0 Å². The number of carbonyl (C=O) groups excluding carboxylic acids is 12. The van der Waals surface area contributed by atoms with E-state index in [2.05, 4.69) is 81.4 Å². The third kappa shape index (κ3) is 24.5. The number of carboxylic acids is 1. The predicted molar refractivity (Wildman–Crippen MR) is 330 cm³/mol. The Morgan fingerprint density at radius 2 is 1.07 bits per heavy atom. The lowest BCUT2D eigenvalue weighted by Gasteiger charge is -2.27. The highest BCUT2D eigenvalue weighted by atomic mass is 32.1. The number of rotatable bonds is 35. The molecule has 482 valence electrons. The molecule has 31 heteroatoms. The second kappa shape index (κ2) is 35.1. The number of aliphatic carboxylic acids is 1. The van der Waals surface area contributed by atoms with Gasteiger partial charge in [0.2, 0.25) is 70.9 Å². The molecule has 30 nitrogen and oxygen atoms in total. The van der Waals surface area contributed by atoms with E-state index in [0.717, 1.165) is 10.8 Å². The summed E-state index contributed by atoms with van der Waals surface area (Å²) in [5, 5.41) is 49.1. The van der Waals surface area contributed by atoms with Crippen LogP contribution in [0.2, 0.25) is 0 Å². The van der Waals surface area contributed by atoms with Crippen molar-refractivity contribution in [2.75, 3.05) is 38.5 Å². The molecule has 0 fully saturated rings. The zero-order valence-electron chi connectivity index (χ0n) is 50.0. The molecule has 0 spiro atoms. The molecule has 0 saturated heterocycles. The van der Waals surface area contributed by atoms with Crippen molar-refractivity contribution in [2.45, 2.75) is 122 Å². The molecule has 4 aromatic rings. The Morgan fingerprint density at radius 1 is 0.573 bits per heavy atom. The first kappa shape index (κ1) is 71.7. The van der Waals surface area contributed by atoms with Crippen molar-refractivity contribution in [1.82, 2.24) is 68.8 Å². The summed E-state index contributed by atoms with van der Waals surface area (Å²) < 4.78 is 0. The molecule has 3 aromatic carbocycles. The van der Waals surface area contributed by atoms with E-state index >= 15 is 0 Å². The Kier molecular flexibility index (Phi) is 28.3. The quantitative estimate of drug-likeness (QED) is 0.00944. The number of primary amides is 1. The molecule has 7 atom stereocenters. The lowest BCUT2D eigenvalue weighted by atomic mass is 9.87. The van der Waals surface area contributed by atoms with Crippen LogP contribution in [0.1, 0.15) is 77.8 Å². The first-order valence-corrected chi connectivity index (χ1v) is 29.1. The summed E-state index contributed by atoms with van der Waals surface area (Å²) in [6.07, 6.45) is 0.557. The lowest BCUT2D eigenvalue weighted by molar-refractivity contribution is -0.145. The number of nitrogens with two attached hydrogens (primary N) is 2. The van der Waals surface area contributed by atoms with E-state index in [0.29, 0.717) is 22.0 Å². The number of thiol groups is 1. The molecule has 19 N–H and O–H groups in total. The highest BCUT2D eigenvalue weighted by Crippen LogP contribution is 2.22. The first-order chi connectivity index (χ1) is 42.1. The monoisotopic (exact) mass is 1260 g/mol. The van der Waals surface area contributed by atoms with Crippen molar-refractivity contribution in [1.29, 1.82) is 5.41 Å². The van der Waals surface area contributed by atoms with Gasteiger partial charge in [0.25, 0.3) is 0 Å². The van der Waals surface area contributed by atoms with Gasteiger partial charge < -0.3 is 85.4 Å². The number of aromatic amines is 1. The molecule has 0 aliphatic carbocycles. The van der Waals surface area contributed by atoms with Gasteiger partial charge in [-0.3, -0.25) is 62.9 Å². The second-order valence-corrected chi connectivity index (χ2v) is 22.2. The van der Waals surface area contributed by atoms with Gasteiger partial charge in [-0.05, 0) is 59.1 Å². The van der Waals surface area contributed by atoms with Crippen LogP contribution in [0.15, 0.2) is 72.9 Å². The Balaban J connectivity index is 1.57. The molecule has 0 radical (unpaired) electrons. The summed E-state index contributed by atoms with van der Waals surface area (Å²) in [5.74, 6) is -11.7. The van der Waals surface area contributed by atoms with Gasteiger partial charge in [0.05, 0.1) is 26.2 Å². The standard InChI is InChI=1S/C58H80N16O14S/c1-6-37(50(81)64-29-48(80)74-49(56(87)88)58(3,4)5)69-45(77)26-66-52(83)40(19-20-44(59)76)72-55(86)42(24-35-25-63-38-15-10-9-14-36(35)38)73-54(85)41(23-32-17-18-33-12-7-8-13-34(33)22-32)71-47(79)28-65-51(82)39(16-11-21-62-57(60)61)70-46(78)27-67-53(84)43(30-89)68-31(2)75/h7-10,12-15,17-18,22,25,37,39-43,49,63,89H,6,11,16,19-21,23-24,26-30H2,1-5H3,(H2,59,76)(H,64,81)(H,65,82)(H,66,83)(H,67,84)(H,68,75)(H,69,77)(H,70,78)(H,71,79)(H,72,86)(H,73,85)(H,74,80)(H,87,88)(H4,60,61,62)/t37-,39-,40-,41-,42-,43-,49+/m0/s1. The zero-order valence-corrected chi connectivity index (χ0v) is 50.9. The maximum absolute atomic E-state index is 14.8. The SMILES string of the molecule is CC[C@H](NC(=O)CNC(=O)[C@H](CCC(N)=O)NC(=O)[C@H](Cc1c[nH]c2ccccc12)NC(=O)[C@H](Cc1ccc2ccccc2c1)NC(=O)CNC(=O)[C@H](CCCNC(=N)N)NC(=O)CNC(=O)[C@H](CS)NC(C)=O)C(=O)NCC(=O)N[C@H](C(=O)O)C(C)(C)C. The van der Waals surface area contributed by atoms with Gasteiger partial charge in [0, 0.05) is 55.6 Å². The molecule has 0 unspecified atom stereocenters. The molecular formula is C58H80N16O14S. The number of amides is 12. The number of hydrogen-bond donors (Lipinski definition) is 18. The molecule has 89 heavy (non-hydrogen) atoms. The summed E-state index contributed by atoms with van der Waals surface area (Å²) in [5.41, 5.74) is 11.8. The third-order valence-electron chi connectivity index (χ3n) is 13.6. The molecule has 0 aliphatic rings. The van der Waals surface area contributed by atoms with Crippen molar-refractivity contribution >= 4 is 117 Å². The van der Waals surface area contributed by atoms with Gasteiger partial charge in [-0.15, -0.1) is 0 Å². The highest BCUT2D eigenvalue weighted by molar-refractivity contribution is 7.80. The number of guanidine groups is 1. The van der Waals surface area contributed by atoms with Gasteiger partial charge >= 0.3 is 5.97 Å². The van der Waals surface area contributed by atoms with Crippen LogP contribution in [0.25, 0.3) is 21.7 Å². The van der Waals surface area contributed by atoms with Gasteiger partial charge in [-0.2, -0.15) is 12.6 Å². The summed E-state index contributed by atoms with van der Waals surface area (Å²) in [4.78, 5) is 174. The number of para-hydroxylation sites is 1. The van der Waals surface area contributed by atoms with E-state index in [1.807, 2.05) is 24.3 Å². The maximum atomic E-state index is 14.8. The van der Waals surface area contributed by atoms with Crippen molar-refractivity contribution in [3.63, 3.8) is 0 Å². The fourth-order valence-corrected chi connectivity index (χ4v) is 9.25. The van der Waals surface area contributed by atoms with E-state index in [1.54, 1.807) is 76.4 Å². The van der Waals surface area contributed by atoms with Crippen molar-refractivity contribution in [2.24, 2.45) is 16.9 Å². The van der Waals surface area contributed by atoms with Gasteiger partial charge in [0.1, 0.15) is 42.3 Å². The summed E-state index contributed by atoms with van der Waals surface area (Å²) in [6.45, 7) is 4.96. The average molecular weight is 1260 g/mol. The van der Waals surface area contributed by atoms with Crippen LogP contribution in [-0.2, 0) is 75.2 Å². The van der Waals surface area contributed by atoms with E-state index in [-0.39, 0.29) is 56.8 Å². The van der Waals surface area contributed by atoms with Crippen LogP contribution in [0.5, 0.6) is 0 Å². The molecule has 4 rings (SSSR count). The molecule has 0 saturated carbocycles.